The SMILES string of the molecule is Nc1cc(Br)ccc1CN1C(=O)Cc2ccccc2C1=O. The Morgan fingerprint density at radius 3 is 2.67 bits per heavy atom. The van der Waals surface area contributed by atoms with Gasteiger partial charge in [0.05, 0.1) is 13.0 Å². The van der Waals surface area contributed by atoms with Crippen LogP contribution in [0.3, 0.4) is 0 Å². The molecule has 5 heteroatoms. The zero-order valence-electron chi connectivity index (χ0n) is 11.2. The number of rotatable bonds is 2. The van der Waals surface area contributed by atoms with Crippen molar-refractivity contribution in [3.05, 3.63) is 63.6 Å². The smallest absolute Gasteiger partial charge is 0.261 e. The average molecular weight is 345 g/mol. The quantitative estimate of drug-likeness (QED) is 0.672. The number of nitrogens with zero attached hydrogens (tertiary/aromatic N) is 1. The number of fused-ring (bicyclic) bond motifs is 1. The molecule has 0 aromatic heterocycles. The Kier molecular flexibility index (Phi) is 3.51. The first-order valence-electron chi connectivity index (χ1n) is 6.53. The molecule has 1 aliphatic heterocycles. The van der Waals surface area contributed by atoms with Crippen molar-refractivity contribution in [1.29, 1.82) is 0 Å². The minimum absolute atomic E-state index is 0.194. The largest absolute Gasteiger partial charge is 0.398 e. The topological polar surface area (TPSA) is 63.4 Å². The van der Waals surface area contributed by atoms with E-state index >= 15 is 0 Å². The highest BCUT2D eigenvalue weighted by Gasteiger charge is 2.30. The molecule has 0 saturated carbocycles. The van der Waals surface area contributed by atoms with Gasteiger partial charge in [0.25, 0.3) is 5.91 Å². The van der Waals surface area contributed by atoms with Gasteiger partial charge in [0.15, 0.2) is 0 Å². The summed E-state index contributed by atoms with van der Waals surface area (Å²) < 4.78 is 0.866. The number of hydrogen-bond acceptors (Lipinski definition) is 3. The molecular formula is C16H13BrN2O2. The van der Waals surface area contributed by atoms with Gasteiger partial charge in [0.2, 0.25) is 5.91 Å². The fraction of sp³-hybridized carbons (Fsp3) is 0.125. The molecule has 2 aromatic carbocycles. The zero-order valence-corrected chi connectivity index (χ0v) is 12.8. The van der Waals surface area contributed by atoms with Crippen molar-refractivity contribution >= 4 is 33.4 Å². The maximum Gasteiger partial charge on any atom is 0.261 e. The monoisotopic (exact) mass is 344 g/mol. The molecule has 2 aromatic rings. The van der Waals surface area contributed by atoms with Gasteiger partial charge in [-0.2, -0.15) is 0 Å². The van der Waals surface area contributed by atoms with Crippen LogP contribution >= 0.6 is 15.9 Å². The molecular weight excluding hydrogens is 332 g/mol. The van der Waals surface area contributed by atoms with Crippen LogP contribution in [0.1, 0.15) is 21.5 Å². The number of nitrogen functional groups attached to an aromatic ring is 1. The van der Waals surface area contributed by atoms with Gasteiger partial charge in [0, 0.05) is 15.7 Å². The molecule has 21 heavy (non-hydrogen) atoms. The number of halogens is 1. The van der Waals surface area contributed by atoms with Crippen LogP contribution in [0.5, 0.6) is 0 Å². The Morgan fingerprint density at radius 2 is 1.90 bits per heavy atom. The third-order valence-electron chi connectivity index (χ3n) is 3.57. The molecule has 0 aliphatic carbocycles. The van der Waals surface area contributed by atoms with Crippen molar-refractivity contribution in [2.75, 3.05) is 5.73 Å². The van der Waals surface area contributed by atoms with Crippen LogP contribution in [-0.4, -0.2) is 16.7 Å². The number of amides is 2. The van der Waals surface area contributed by atoms with Crippen LogP contribution in [0.4, 0.5) is 5.69 Å². The normalized spacial score (nSPS) is 14.2. The highest BCUT2D eigenvalue weighted by Crippen LogP contribution is 2.24. The Hall–Kier alpha value is -2.14. The summed E-state index contributed by atoms with van der Waals surface area (Å²) in [5, 5.41) is 0. The van der Waals surface area contributed by atoms with Gasteiger partial charge in [0.1, 0.15) is 0 Å². The Balaban J connectivity index is 1.93. The lowest BCUT2D eigenvalue weighted by Gasteiger charge is -2.27. The molecule has 0 atom stereocenters. The van der Waals surface area contributed by atoms with Crippen molar-refractivity contribution < 1.29 is 9.59 Å². The van der Waals surface area contributed by atoms with Gasteiger partial charge in [-0.25, -0.2) is 0 Å². The summed E-state index contributed by atoms with van der Waals surface area (Å²) in [6.07, 6.45) is 0.248. The summed E-state index contributed by atoms with van der Waals surface area (Å²) in [6.45, 7) is 0.200. The minimum Gasteiger partial charge on any atom is -0.398 e. The lowest BCUT2D eigenvalue weighted by molar-refractivity contribution is -0.128. The van der Waals surface area contributed by atoms with E-state index in [1.807, 2.05) is 24.3 Å². The van der Waals surface area contributed by atoms with Crippen molar-refractivity contribution in [3.8, 4) is 0 Å². The second kappa shape index (κ2) is 5.33. The summed E-state index contributed by atoms with van der Waals surface area (Å²) in [7, 11) is 0. The molecule has 0 radical (unpaired) electrons. The lowest BCUT2D eigenvalue weighted by atomic mass is 9.98. The van der Waals surface area contributed by atoms with Crippen molar-refractivity contribution in [2.45, 2.75) is 13.0 Å². The first kappa shape index (κ1) is 13.8. The highest BCUT2D eigenvalue weighted by molar-refractivity contribution is 9.10. The number of anilines is 1. The first-order valence-corrected chi connectivity index (χ1v) is 7.32. The van der Waals surface area contributed by atoms with E-state index in [9.17, 15) is 9.59 Å². The van der Waals surface area contributed by atoms with E-state index in [2.05, 4.69) is 15.9 Å². The summed E-state index contributed by atoms with van der Waals surface area (Å²) in [6, 6.07) is 12.6. The molecule has 3 rings (SSSR count). The number of imide groups is 1. The van der Waals surface area contributed by atoms with E-state index in [0.717, 1.165) is 15.6 Å². The Labute approximate surface area is 130 Å². The van der Waals surface area contributed by atoms with Gasteiger partial charge < -0.3 is 5.73 Å². The molecule has 1 aliphatic rings. The number of carbonyl (C=O) groups is 2. The molecule has 2 amide bonds. The number of carbonyl (C=O) groups excluding carboxylic acids is 2. The third-order valence-corrected chi connectivity index (χ3v) is 4.07. The minimum atomic E-state index is -0.260. The van der Waals surface area contributed by atoms with Crippen LogP contribution in [0.2, 0.25) is 0 Å². The Bertz CT molecular complexity index is 743. The molecule has 1 heterocycles. The fourth-order valence-corrected chi connectivity index (χ4v) is 2.82. The number of nitrogens with two attached hydrogens (primary N) is 1. The van der Waals surface area contributed by atoms with Crippen LogP contribution < -0.4 is 5.73 Å². The van der Waals surface area contributed by atoms with Gasteiger partial charge in [-0.3, -0.25) is 14.5 Å². The second-order valence-corrected chi connectivity index (χ2v) is 5.88. The molecule has 0 saturated heterocycles. The van der Waals surface area contributed by atoms with Crippen LogP contribution in [0, 0.1) is 0 Å². The molecule has 4 nitrogen and oxygen atoms in total. The van der Waals surface area contributed by atoms with Crippen LogP contribution in [0.15, 0.2) is 46.9 Å². The second-order valence-electron chi connectivity index (χ2n) is 4.96. The van der Waals surface area contributed by atoms with Gasteiger partial charge in [-0.15, -0.1) is 0 Å². The van der Waals surface area contributed by atoms with Crippen molar-refractivity contribution in [1.82, 2.24) is 4.90 Å². The van der Waals surface area contributed by atoms with E-state index in [1.54, 1.807) is 18.2 Å². The van der Waals surface area contributed by atoms with Gasteiger partial charge in [-0.05, 0) is 29.3 Å². The molecule has 106 valence electrons. The number of hydrogen-bond donors (Lipinski definition) is 1. The van der Waals surface area contributed by atoms with E-state index in [-0.39, 0.29) is 24.8 Å². The standard InChI is InChI=1S/C16H13BrN2O2/c17-12-6-5-11(14(18)8-12)9-19-15(20)7-10-3-1-2-4-13(10)16(19)21/h1-6,8H,7,9,18H2. The summed E-state index contributed by atoms with van der Waals surface area (Å²) in [4.78, 5) is 25.9. The molecule has 2 N–H and O–H groups in total. The van der Waals surface area contributed by atoms with Gasteiger partial charge >= 0.3 is 0 Å². The van der Waals surface area contributed by atoms with Crippen LogP contribution in [-0.2, 0) is 17.8 Å². The van der Waals surface area contributed by atoms with Gasteiger partial charge in [-0.1, -0.05) is 40.2 Å². The van der Waals surface area contributed by atoms with E-state index in [4.69, 9.17) is 5.73 Å². The summed E-state index contributed by atoms with van der Waals surface area (Å²) in [5.41, 5.74) is 8.64. The molecule has 0 spiro atoms. The zero-order chi connectivity index (χ0) is 15.0. The first-order chi connectivity index (χ1) is 10.1. The lowest BCUT2D eigenvalue weighted by Crippen LogP contribution is -2.41. The molecule has 0 bridgehead atoms. The van der Waals surface area contributed by atoms with Crippen molar-refractivity contribution in [2.24, 2.45) is 0 Å². The van der Waals surface area contributed by atoms with E-state index in [0.29, 0.717) is 11.3 Å². The molecule has 0 fully saturated rings. The fourth-order valence-electron chi connectivity index (χ4n) is 2.44. The highest BCUT2D eigenvalue weighted by atomic mass is 79.9. The average Bonchev–Trinajstić information content (AvgIpc) is 2.45. The Morgan fingerprint density at radius 1 is 1.14 bits per heavy atom. The maximum atomic E-state index is 12.5. The van der Waals surface area contributed by atoms with Crippen molar-refractivity contribution in [3.63, 3.8) is 0 Å². The van der Waals surface area contributed by atoms with E-state index in [1.165, 1.54) is 4.90 Å². The van der Waals surface area contributed by atoms with E-state index < -0.39 is 0 Å². The summed E-state index contributed by atoms with van der Waals surface area (Å²) >= 11 is 3.34. The number of benzene rings is 2. The van der Waals surface area contributed by atoms with Crippen LogP contribution in [0.25, 0.3) is 0 Å². The maximum absolute atomic E-state index is 12.5. The molecule has 0 unspecified atom stereocenters. The predicted molar refractivity (Wildman–Crippen MR) is 83.6 cm³/mol. The summed E-state index contributed by atoms with van der Waals surface area (Å²) in [5.74, 6) is -0.454. The third kappa shape index (κ3) is 2.56. The predicted octanol–water partition coefficient (Wildman–Crippen LogP) is 2.76.